The van der Waals surface area contributed by atoms with Gasteiger partial charge in [-0.2, -0.15) is 4.98 Å². The molecule has 1 amide bonds. The molecule has 0 unspecified atom stereocenters. The third-order valence-electron chi connectivity index (χ3n) is 6.99. The van der Waals surface area contributed by atoms with Crippen molar-refractivity contribution in [1.29, 1.82) is 0 Å². The van der Waals surface area contributed by atoms with Gasteiger partial charge in [-0.05, 0) is 56.5 Å². The van der Waals surface area contributed by atoms with Crippen LogP contribution < -0.4 is 15.4 Å². The topological polar surface area (TPSA) is 102 Å². The summed E-state index contributed by atoms with van der Waals surface area (Å²) in [7, 11) is 0. The number of carbonyl (C=O) groups excluding carboxylic acids is 1. The number of halogens is 1. The number of hydrogen-bond donors (Lipinski definition) is 2. The molecule has 1 aromatic carbocycles. The molecule has 1 saturated heterocycles. The first-order chi connectivity index (χ1) is 18.5. The predicted molar refractivity (Wildman–Crippen MR) is 150 cm³/mol. The molecule has 198 valence electrons. The maximum Gasteiger partial charge on any atom is 0.263 e. The number of anilines is 1. The van der Waals surface area contributed by atoms with E-state index in [-0.39, 0.29) is 17.2 Å². The van der Waals surface area contributed by atoms with Gasteiger partial charge in [0.15, 0.2) is 0 Å². The fourth-order valence-corrected chi connectivity index (χ4v) is 6.36. The van der Waals surface area contributed by atoms with E-state index in [1.165, 1.54) is 11.3 Å². The van der Waals surface area contributed by atoms with Crippen LogP contribution in [0.1, 0.15) is 41.9 Å². The summed E-state index contributed by atoms with van der Waals surface area (Å²) in [6.45, 7) is 7.97. The van der Waals surface area contributed by atoms with Gasteiger partial charge in [0.05, 0.1) is 17.3 Å². The van der Waals surface area contributed by atoms with Crippen molar-refractivity contribution in [3.8, 4) is 11.8 Å². The minimum absolute atomic E-state index is 0.0463. The van der Waals surface area contributed by atoms with Crippen LogP contribution in [0.25, 0.3) is 21.0 Å². The Kier molecular flexibility index (Phi) is 7.05. The molecule has 2 aliphatic heterocycles. The van der Waals surface area contributed by atoms with Gasteiger partial charge in [0.25, 0.3) is 5.91 Å². The first-order valence-electron chi connectivity index (χ1n) is 12.9. The molecular weight excluding hydrogens is 524 g/mol. The number of benzene rings is 1. The molecule has 3 aromatic heterocycles. The molecule has 6 rings (SSSR count). The summed E-state index contributed by atoms with van der Waals surface area (Å²) < 4.78 is 13.0. The van der Waals surface area contributed by atoms with Crippen LogP contribution in [0.2, 0.25) is 5.28 Å². The number of fused-ring (bicyclic) bond motifs is 5. The highest BCUT2D eigenvalue weighted by molar-refractivity contribution is 7.21. The molecule has 2 aliphatic rings. The Morgan fingerprint density at radius 3 is 2.84 bits per heavy atom. The van der Waals surface area contributed by atoms with Gasteiger partial charge >= 0.3 is 0 Å². The van der Waals surface area contributed by atoms with Crippen molar-refractivity contribution in [3.05, 3.63) is 46.2 Å². The summed E-state index contributed by atoms with van der Waals surface area (Å²) in [5.74, 6) is 0.778. The fraction of sp³-hybridized carbons (Fsp3) is 0.407. The zero-order chi connectivity index (χ0) is 26.2. The van der Waals surface area contributed by atoms with Crippen molar-refractivity contribution in [2.24, 2.45) is 0 Å². The van der Waals surface area contributed by atoms with E-state index in [1.807, 2.05) is 38.1 Å². The standard InChI is InChI=1S/C27H29ClN6O3S/c1-3-36-17-8-10-34(11-9-17)14-16-13-30-27(28)33-26(16)37-21-7-4-18-19(32-21)5-6-20-22(18)23-24(38-20)25(35)31-15(2)12-29-23/h4-7,13,15,17,29H,3,8-12,14H2,1-2H3,(H,31,35)/t15-/m1/s1. The van der Waals surface area contributed by atoms with Gasteiger partial charge in [0.1, 0.15) is 4.88 Å². The molecule has 2 N–H and O–H groups in total. The number of thiophene rings is 1. The molecule has 38 heavy (non-hydrogen) atoms. The van der Waals surface area contributed by atoms with Gasteiger partial charge in [-0.15, -0.1) is 11.3 Å². The Bertz CT molecular complexity index is 1500. The molecular formula is C27H29ClN6O3S. The maximum absolute atomic E-state index is 12.7. The molecule has 5 heterocycles. The predicted octanol–water partition coefficient (Wildman–Crippen LogP) is 5.23. The first kappa shape index (κ1) is 25.2. The summed E-state index contributed by atoms with van der Waals surface area (Å²) in [5.41, 5.74) is 2.50. The van der Waals surface area contributed by atoms with Crippen molar-refractivity contribution < 1.29 is 14.3 Å². The second-order valence-electron chi connectivity index (χ2n) is 9.72. The fourth-order valence-electron chi connectivity index (χ4n) is 5.14. The highest BCUT2D eigenvalue weighted by atomic mass is 35.5. The minimum Gasteiger partial charge on any atom is -0.420 e. The van der Waals surface area contributed by atoms with Crippen LogP contribution in [0.5, 0.6) is 11.8 Å². The van der Waals surface area contributed by atoms with Gasteiger partial charge in [0.2, 0.25) is 17.0 Å². The summed E-state index contributed by atoms with van der Waals surface area (Å²) in [5, 5.41) is 8.58. The Morgan fingerprint density at radius 1 is 1.18 bits per heavy atom. The molecule has 0 bridgehead atoms. The van der Waals surface area contributed by atoms with Gasteiger partial charge < -0.3 is 20.1 Å². The van der Waals surface area contributed by atoms with Gasteiger partial charge in [-0.25, -0.2) is 9.97 Å². The van der Waals surface area contributed by atoms with Crippen LogP contribution in [0.3, 0.4) is 0 Å². The molecule has 1 atom stereocenters. The van der Waals surface area contributed by atoms with Crippen LogP contribution in [0.15, 0.2) is 30.5 Å². The van der Waals surface area contributed by atoms with E-state index in [0.717, 1.165) is 64.8 Å². The Balaban J connectivity index is 1.28. The molecule has 0 aliphatic carbocycles. The number of nitrogens with zero attached hydrogens (tertiary/aromatic N) is 4. The number of hydrogen-bond acceptors (Lipinski definition) is 9. The van der Waals surface area contributed by atoms with E-state index in [0.29, 0.717) is 35.8 Å². The lowest BCUT2D eigenvalue weighted by Gasteiger charge is -2.31. The number of aromatic nitrogens is 3. The molecule has 11 heteroatoms. The average molecular weight is 553 g/mol. The van der Waals surface area contributed by atoms with Gasteiger partial charge in [0, 0.05) is 72.1 Å². The number of amides is 1. The maximum atomic E-state index is 12.7. The van der Waals surface area contributed by atoms with E-state index >= 15 is 0 Å². The summed E-state index contributed by atoms with van der Waals surface area (Å²) in [6, 6.07) is 7.83. The third-order valence-corrected chi connectivity index (χ3v) is 8.33. The van der Waals surface area contributed by atoms with Crippen molar-refractivity contribution >= 4 is 55.5 Å². The number of pyridine rings is 1. The zero-order valence-corrected chi connectivity index (χ0v) is 22.9. The molecule has 1 fully saturated rings. The molecule has 0 saturated carbocycles. The molecule has 0 spiro atoms. The SMILES string of the molecule is CCOC1CCN(Cc2cnc(Cl)nc2Oc2ccc3c(ccc4sc5c(c43)NC[C@@H](C)NC5=O)n2)CC1. The van der Waals surface area contributed by atoms with E-state index < -0.39 is 0 Å². The summed E-state index contributed by atoms with van der Waals surface area (Å²) >= 11 is 7.63. The van der Waals surface area contributed by atoms with E-state index in [9.17, 15) is 4.79 Å². The van der Waals surface area contributed by atoms with Crippen LogP contribution in [-0.4, -0.2) is 64.1 Å². The van der Waals surface area contributed by atoms with Crippen LogP contribution in [0, 0.1) is 0 Å². The van der Waals surface area contributed by atoms with E-state index in [4.69, 9.17) is 26.1 Å². The third kappa shape index (κ3) is 5.01. The van der Waals surface area contributed by atoms with Crippen LogP contribution in [0.4, 0.5) is 5.69 Å². The number of ether oxygens (including phenoxy) is 2. The molecule has 0 radical (unpaired) electrons. The van der Waals surface area contributed by atoms with E-state index in [2.05, 4.69) is 25.5 Å². The van der Waals surface area contributed by atoms with Crippen molar-refractivity contribution in [1.82, 2.24) is 25.2 Å². The summed E-state index contributed by atoms with van der Waals surface area (Å²) in [6.07, 6.45) is 4.05. The number of nitrogens with one attached hydrogen (secondary N) is 2. The smallest absolute Gasteiger partial charge is 0.263 e. The van der Waals surface area contributed by atoms with Gasteiger partial charge in [-0.3, -0.25) is 9.69 Å². The summed E-state index contributed by atoms with van der Waals surface area (Å²) in [4.78, 5) is 29.1. The zero-order valence-electron chi connectivity index (χ0n) is 21.3. The Hall–Kier alpha value is -3.05. The lowest BCUT2D eigenvalue weighted by atomic mass is 10.1. The van der Waals surface area contributed by atoms with Crippen molar-refractivity contribution in [3.63, 3.8) is 0 Å². The molecule has 9 nitrogen and oxygen atoms in total. The minimum atomic E-state index is -0.0463. The first-order valence-corrected chi connectivity index (χ1v) is 14.1. The monoisotopic (exact) mass is 552 g/mol. The largest absolute Gasteiger partial charge is 0.420 e. The Labute approximate surface area is 229 Å². The normalized spacial score (nSPS) is 18.7. The Morgan fingerprint density at radius 2 is 2.03 bits per heavy atom. The highest BCUT2D eigenvalue weighted by Crippen LogP contribution is 2.41. The van der Waals surface area contributed by atoms with Crippen LogP contribution >= 0.6 is 22.9 Å². The molecule has 4 aromatic rings. The average Bonchev–Trinajstić information content (AvgIpc) is 3.23. The second-order valence-corrected chi connectivity index (χ2v) is 11.1. The second kappa shape index (κ2) is 10.6. The van der Waals surface area contributed by atoms with Gasteiger partial charge in [-0.1, -0.05) is 0 Å². The number of likely N-dealkylation sites (tertiary alicyclic amines) is 1. The number of rotatable bonds is 6. The highest BCUT2D eigenvalue weighted by Gasteiger charge is 2.25. The lowest BCUT2D eigenvalue weighted by Crippen LogP contribution is -2.36. The number of piperidine rings is 1. The van der Waals surface area contributed by atoms with E-state index in [1.54, 1.807) is 6.20 Å². The van der Waals surface area contributed by atoms with Crippen molar-refractivity contribution in [2.75, 3.05) is 31.6 Å². The lowest BCUT2D eigenvalue weighted by molar-refractivity contribution is 0.0124. The van der Waals surface area contributed by atoms with Crippen LogP contribution in [-0.2, 0) is 11.3 Å². The number of carbonyl (C=O) groups is 1. The van der Waals surface area contributed by atoms with Crippen molar-refractivity contribution in [2.45, 2.75) is 45.4 Å². The quantitative estimate of drug-likeness (QED) is 0.314.